The Morgan fingerprint density at radius 1 is 0.950 bits per heavy atom. The highest BCUT2D eigenvalue weighted by molar-refractivity contribution is 5.92. The number of carbonyl (C=O) groups excluding carboxylic acids is 3. The summed E-state index contributed by atoms with van der Waals surface area (Å²) in [6, 6.07) is 5.55. The second-order valence-electron chi connectivity index (χ2n) is 11.9. The van der Waals surface area contributed by atoms with E-state index in [-0.39, 0.29) is 17.7 Å². The minimum Gasteiger partial charge on any atom is -0.444 e. The van der Waals surface area contributed by atoms with Gasteiger partial charge in [0.25, 0.3) is 0 Å². The van der Waals surface area contributed by atoms with Gasteiger partial charge in [-0.25, -0.2) is 4.79 Å². The fourth-order valence-electron chi connectivity index (χ4n) is 4.49. The summed E-state index contributed by atoms with van der Waals surface area (Å²) in [5, 5.41) is 5.84. The van der Waals surface area contributed by atoms with Crippen molar-refractivity contribution in [2.45, 2.75) is 124 Å². The number of nitrogens with zero attached hydrogens (tertiary/aromatic N) is 1. The van der Waals surface area contributed by atoms with Gasteiger partial charge in [0.15, 0.2) is 0 Å². The van der Waals surface area contributed by atoms with Gasteiger partial charge >= 0.3 is 6.09 Å². The number of unbranched alkanes of at least 4 members (excludes halogenated alkanes) is 6. The molecule has 1 aromatic rings. The molecule has 0 aliphatic heterocycles. The van der Waals surface area contributed by atoms with Gasteiger partial charge in [-0.15, -0.1) is 6.42 Å². The monoisotopic (exact) mass is 555 g/mol. The summed E-state index contributed by atoms with van der Waals surface area (Å²) in [6.45, 7) is 14.5. The van der Waals surface area contributed by atoms with Crippen LogP contribution in [0.15, 0.2) is 24.3 Å². The molecule has 0 saturated heterocycles. The van der Waals surface area contributed by atoms with Crippen LogP contribution in [0.25, 0.3) is 0 Å². The minimum absolute atomic E-state index is 0.131. The Morgan fingerprint density at radius 3 is 2.10 bits per heavy atom. The summed E-state index contributed by atoms with van der Waals surface area (Å²) in [5.74, 6) is 2.22. The molecular formula is C33H53N3O4. The van der Waals surface area contributed by atoms with Crippen LogP contribution in [-0.4, -0.2) is 47.5 Å². The smallest absolute Gasteiger partial charge is 0.408 e. The highest BCUT2D eigenvalue weighted by Gasteiger charge is 2.36. The van der Waals surface area contributed by atoms with Crippen LogP contribution in [-0.2, 0) is 14.3 Å². The zero-order valence-corrected chi connectivity index (χ0v) is 26.0. The van der Waals surface area contributed by atoms with Crippen molar-refractivity contribution in [2.24, 2.45) is 5.92 Å². The normalized spacial score (nSPS) is 12.8. The molecule has 2 atom stereocenters. The maximum Gasteiger partial charge on any atom is 0.408 e. The molecule has 1 aromatic carbocycles. The SMILES string of the molecule is C#Cc1ccc(C(C(=O)NCCCC)N(CCCCCCCC)C(=O)C(CC(C)C)NC(=O)OC(C)(C)C)cc1. The lowest BCUT2D eigenvalue weighted by molar-refractivity contribution is -0.143. The summed E-state index contributed by atoms with van der Waals surface area (Å²) in [5.41, 5.74) is 0.689. The molecular weight excluding hydrogens is 502 g/mol. The number of hydrogen-bond donors (Lipinski definition) is 2. The van der Waals surface area contributed by atoms with E-state index in [0.29, 0.717) is 30.6 Å². The van der Waals surface area contributed by atoms with Crippen molar-refractivity contribution in [3.63, 3.8) is 0 Å². The van der Waals surface area contributed by atoms with Crippen LogP contribution in [0.2, 0.25) is 0 Å². The highest BCUT2D eigenvalue weighted by Crippen LogP contribution is 2.25. The Morgan fingerprint density at radius 2 is 1.55 bits per heavy atom. The van der Waals surface area contributed by atoms with Crippen molar-refractivity contribution in [3.8, 4) is 12.3 Å². The number of benzene rings is 1. The number of carbonyl (C=O) groups is 3. The third kappa shape index (κ3) is 13.4. The van der Waals surface area contributed by atoms with Gasteiger partial charge in [0, 0.05) is 18.7 Å². The van der Waals surface area contributed by atoms with Gasteiger partial charge in [0.05, 0.1) is 0 Å². The number of ether oxygens (including phenoxy) is 1. The molecule has 0 fully saturated rings. The second-order valence-corrected chi connectivity index (χ2v) is 11.9. The molecule has 1 rings (SSSR count). The first-order valence-corrected chi connectivity index (χ1v) is 15.1. The van der Waals surface area contributed by atoms with Gasteiger partial charge in [-0.2, -0.15) is 0 Å². The highest BCUT2D eigenvalue weighted by atomic mass is 16.6. The van der Waals surface area contributed by atoms with Crippen molar-refractivity contribution in [2.75, 3.05) is 13.1 Å². The zero-order chi connectivity index (χ0) is 30.1. The molecule has 40 heavy (non-hydrogen) atoms. The Balaban J connectivity index is 3.44. The van der Waals surface area contributed by atoms with Crippen molar-refractivity contribution in [3.05, 3.63) is 35.4 Å². The van der Waals surface area contributed by atoms with Crippen molar-refractivity contribution in [1.82, 2.24) is 15.5 Å². The van der Waals surface area contributed by atoms with E-state index < -0.39 is 23.8 Å². The molecule has 0 saturated carbocycles. The van der Waals surface area contributed by atoms with Gasteiger partial charge < -0.3 is 20.3 Å². The average Bonchev–Trinajstić information content (AvgIpc) is 2.88. The third-order valence-electron chi connectivity index (χ3n) is 6.51. The second kappa shape index (κ2) is 18.4. The number of terminal acetylenes is 1. The molecule has 0 aliphatic carbocycles. The minimum atomic E-state index is -0.845. The van der Waals surface area contributed by atoms with E-state index >= 15 is 0 Å². The summed E-state index contributed by atoms with van der Waals surface area (Å²) in [4.78, 5) is 42.4. The standard InChI is InChI=1S/C33H53N3O4/c1-9-12-14-15-16-17-23-36(31(38)28(24-25(4)5)35-32(39)40-33(6,7)8)29(30(37)34-22-13-10-2)27-20-18-26(11-3)19-21-27/h3,18-21,25,28-29H,9-10,12-17,22-24H2,1-2,4-8H3,(H,34,37)(H,35,39). The Bertz CT molecular complexity index is 944. The Labute approximate surface area is 243 Å². The van der Waals surface area contributed by atoms with E-state index in [0.717, 1.165) is 44.9 Å². The van der Waals surface area contributed by atoms with Crippen LogP contribution in [0, 0.1) is 18.3 Å². The van der Waals surface area contributed by atoms with E-state index in [4.69, 9.17) is 11.2 Å². The predicted octanol–water partition coefficient (Wildman–Crippen LogP) is 6.75. The fraction of sp³-hybridized carbons (Fsp3) is 0.667. The lowest BCUT2D eigenvalue weighted by Crippen LogP contribution is -2.53. The van der Waals surface area contributed by atoms with Gasteiger partial charge in [-0.05, 0) is 63.6 Å². The van der Waals surface area contributed by atoms with E-state index in [1.54, 1.807) is 37.8 Å². The zero-order valence-electron chi connectivity index (χ0n) is 26.0. The van der Waals surface area contributed by atoms with Gasteiger partial charge in [0.2, 0.25) is 11.8 Å². The molecule has 7 nitrogen and oxygen atoms in total. The molecule has 0 radical (unpaired) electrons. The fourth-order valence-corrected chi connectivity index (χ4v) is 4.49. The lowest BCUT2D eigenvalue weighted by Gasteiger charge is -2.35. The maximum absolute atomic E-state index is 14.3. The van der Waals surface area contributed by atoms with E-state index in [1.807, 2.05) is 26.0 Å². The van der Waals surface area contributed by atoms with Crippen LogP contribution < -0.4 is 10.6 Å². The number of amides is 3. The predicted molar refractivity (Wildman–Crippen MR) is 163 cm³/mol. The molecule has 224 valence electrons. The molecule has 0 bridgehead atoms. The van der Waals surface area contributed by atoms with E-state index in [2.05, 4.69) is 30.4 Å². The number of alkyl carbamates (subject to hydrolysis) is 1. The van der Waals surface area contributed by atoms with Crippen molar-refractivity contribution >= 4 is 17.9 Å². The number of rotatable bonds is 17. The molecule has 2 N–H and O–H groups in total. The summed E-state index contributed by atoms with van der Waals surface area (Å²) in [7, 11) is 0. The van der Waals surface area contributed by atoms with Crippen LogP contribution in [0.3, 0.4) is 0 Å². The van der Waals surface area contributed by atoms with Crippen molar-refractivity contribution < 1.29 is 19.1 Å². The van der Waals surface area contributed by atoms with Crippen LogP contribution >= 0.6 is 0 Å². The van der Waals surface area contributed by atoms with Crippen LogP contribution in [0.1, 0.15) is 123 Å². The molecule has 2 unspecified atom stereocenters. The van der Waals surface area contributed by atoms with Gasteiger partial charge in [-0.1, -0.05) is 84.3 Å². The maximum atomic E-state index is 14.3. The first kappa shape index (κ1) is 35.0. The average molecular weight is 556 g/mol. The molecule has 3 amide bonds. The molecule has 0 aliphatic rings. The topological polar surface area (TPSA) is 87.7 Å². The molecule has 0 heterocycles. The largest absolute Gasteiger partial charge is 0.444 e. The summed E-state index contributed by atoms with van der Waals surface area (Å²) in [6.07, 6.45) is 13.4. The van der Waals surface area contributed by atoms with Crippen LogP contribution in [0.5, 0.6) is 0 Å². The van der Waals surface area contributed by atoms with E-state index in [1.165, 1.54) is 6.42 Å². The van der Waals surface area contributed by atoms with Crippen LogP contribution in [0.4, 0.5) is 4.79 Å². The number of hydrogen-bond acceptors (Lipinski definition) is 4. The van der Waals surface area contributed by atoms with Gasteiger partial charge in [-0.3, -0.25) is 9.59 Å². The molecule has 0 spiro atoms. The summed E-state index contributed by atoms with van der Waals surface area (Å²) < 4.78 is 5.48. The van der Waals surface area contributed by atoms with Crippen molar-refractivity contribution in [1.29, 1.82) is 0 Å². The van der Waals surface area contributed by atoms with Gasteiger partial charge in [0.1, 0.15) is 17.7 Å². The summed E-state index contributed by atoms with van der Waals surface area (Å²) >= 11 is 0. The molecule has 7 heteroatoms. The third-order valence-corrected chi connectivity index (χ3v) is 6.51. The quantitative estimate of drug-likeness (QED) is 0.164. The Kier molecular flexibility index (Phi) is 16.1. The first-order valence-electron chi connectivity index (χ1n) is 15.1. The number of nitrogens with one attached hydrogen (secondary N) is 2. The lowest BCUT2D eigenvalue weighted by atomic mass is 9.98. The Hall–Kier alpha value is -3.01. The van der Waals surface area contributed by atoms with E-state index in [9.17, 15) is 14.4 Å². The first-order chi connectivity index (χ1) is 18.9. The molecule has 0 aromatic heterocycles.